The molecule has 4 rings (SSSR count). The van der Waals surface area contributed by atoms with Crippen molar-refractivity contribution < 1.29 is 31.1 Å². The molecule has 2 aliphatic heterocycles. The minimum atomic E-state index is -4.11. The number of anilines is 1. The summed E-state index contributed by atoms with van der Waals surface area (Å²) in [6.07, 6.45) is 2.72. The predicted molar refractivity (Wildman–Crippen MR) is 133 cm³/mol. The molecule has 0 unspecified atom stereocenters. The van der Waals surface area contributed by atoms with Crippen LogP contribution in [0, 0.1) is 0 Å². The van der Waals surface area contributed by atoms with Crippen molar-refractivity contribution >= 4 is 31.6 Å². The zero-order valence-electron chi connectivity index (χ0n) is 19.8. The molecule has 2 aromatic carbocycles. The van der Waals surface area contributed by atoms with Crippen LogP contribution in [-0.2, 0) is 34.3 Å². The van der Waals surface area contributed by atoms with Gasteiger partial charge in [-0.15, -0.1) is 0 Å². The summed E-state index contributed by atoms with van der Waals surface area (Å²) in [5, 5.41) is 2.70. The van der Waals surface area contributed by atoms with Gasteiger partial charge in [-0.1, -0.05) is 18.2 Å². The van der Waals surface area contributed by atoms with Gasteiger partial charge in [0.05, 0.1) is 28.5 Å². The highest BCUT2D eigenvalue weighted by atomic mass is 32.2. The predicted octanol–water partition coefficient (Wildman–Crippen LogP) is 1.95. The molecule has 0 radical (unpaired) electrons. The molecule has 12 heteroatoms. The van der Waals surface area contributed by atoms with Crippen molar-refractivity contribution in [1.82, 2.24) is 9.03 Å². The fourth-order valence-electron chi connectivity index (χ4n) is 4.18. The zero-order valence-corrected chi connectivity index (χ0v) is 21.5. The normalized spacial score (nSPS) is 20.6. The fourth-order valence-corrected chi connectivity index (χ4v) is 6.67. The number of hydrogen-bond acceptors (Lipinski definition) is 7. The number of rotatable bonds is 11. The van der Waals surface area contributed by atoms with Crippen LogP contribution in [-0.4, -0.2) is 72.1 Å². The van der Waals surface area contributed by atoms with Crippen molar-refractivity contribution in [2.45, 2.75) is 47.7 Å². The third kappa shape index (κ3) is 6.90. The van der Waals surface area contributed by atoms with Crippen LogP contribution >= 0.6 is 0 Å². The molecule has 2 aliphatic rings. The molecule has 0 aromatic heterocycles. The Bertz CT molecular complexity index is 1220. The van der Waals surface area contributed by atoms with Crippen LogP contribution in [0.2, 0.25) is 0 Å². The molecule has 2 heterocycles. The van der Waals surface area contributed by atoms with Gasteiger partial charge in [0.2, 0.25) is 26.0 Å². The Kier molecular flexibility index (Phi) is 8.75. The van der Waals surface area contributed by atoms with Crippen molar-refractivity contribution in [1.29, 1.82) is 0 Å². The lowest BCUT2D eigenvalue weighted by Gasteiger charge is -2.24. The molecule has 2 aromatic rings. The highest BCUT2D eigenvalue weighted by molar-refractivity contribution is 7.89. The Morgan fingerprint density at radius 1 is 0.861 bits per heavy atom. The Hall–Kier alpha value is -2.35. The van der Waals surface area contributed by atoms with E-state index in [1.165, 1.54) is 24.3 Å². The summed E-state index contributed by atoms with van der Waals surface area (Å²) >= 11 is 0. The van der Waals surface area contributed by atoms with Crippen LogP contribution in [0.4, 0.5) is 5.69 Å². The number of amides is 1. The van der Waals surface area contributed by atoms with E-state index in [0.29, 0.717) is 25.3 Å². The first kappa shape index (κ1) is 26.7. The molecule has 0 spiro atoms. The first-order valence-corrected chi connectivity index (χ1v) is 14.8. The van der Waals surface area contributed by atoms with Gasteiger partial charge >= 0.3 is 0 Å². The lowest BCUT2D eigenvalue weighted by molar-refractivity contribution is -0.116. The van der Waals surface area contributed by atoms with Gasteiger partial charge in [0, 0.05) is 32.0 Å². The van der Waals surface area contributed by atoms with Gasteiger partial charge in [0.15, 0.2) is 0 Å². The Morgan fingerprint density at radius 3 is 2.08 bits per heavy atom. The average molecular weight is 538 g/mol. The number of carbonyl (C=O) groups excluding carboxylic acids is 1. The summed E-state index contributed by atoms with van der Waals surface area (Å²) in [6.45, 7) is 0.937. The molecule has 2 atom stereocenters. The summed E-state index contributed by atoms with van der Waals surface area (Å²) in [7, 11) is -7.93. The SMILES string of the molecule is O=C(CN(C[C@@H]1CCCO1)S(=O)(=O)c1ccc(S(=O)(=O)NC[C@@H]2CCCO2)cc1)Nc1ccccc1. The van der Waals surface area contributed by atoms with E-state index >= 15 is 0 Å². The van der Waals surface area contributed by atoms with Crippen LogP contribution in [0.1, 0.15) is 25.7 Å². The van der Waals surface area contributed by atoms with Gasteiger partial charge in [-0.2, -0.15) is 4.31 Å². The van der Waals surface area contributed by atoms with Gasteiger partial charge < -0.3 is 14.8 Å². The second-order valence-corrected chi connectivity index (χ2v) is 12.5. The first-order chi connectivity index (χ1) is 17.2. The topological polar surface area (TPSA) is 131 Å². The van der Waals surface area contributed by atoms with Crippen molar-refractivity contribution in [2.24, 2.45) is 0 Å². The van der Waals surface area contributed by atoms with E-state index in [0.717, 1.165) is 23.6 Å². The van der Waals surface area contributed by atoms with E-state index in [1.807, 2.05) is 6.07 Å². The average Bonchev–Trinajstić information content (AvgIpc) is 3.58. The standard InChI is InChI=1S/C24H31N3O7S2/c28-24(26-19-6-2-1-3-7-19)18-27(17-21-9-5-15-34-21)36(31,32)23-12-10-22(11-13-23)35(29,30)25-16-20-8-4-14-33-20/h1-3,6-7,10-13,20-21,25H,4-5,8-9,14-18H2,(H,26,28)/t20-,21-/m0/s1. The van der Waals surface area contributed by atoms with Crippen LogP contribution in [0.25, 0.3) is 0 Å². The van der Waals surface area contributed by atoms with E-state index in [1.54, 1.807) is 24.3 Å². The lowest BCUT2D eigenvalue weighted by Crippen LogP contribution is -2.42. The molecule has 0 saturated carbocycles. The molecular formula is C24H31N3O7S2. The molecule has 0 bridgehead atoms. The van der Waals surface area contributed by atoms with Crippen LogP contribution < -0.4 is 10.0 Å². The first-order valence-electron chi connectivity index (χ1n) is 11.9. The molecule has 196 valence electrons. The van der Waals surface area contributed by atoms with Crippen LogP contribution in [0.3, 0.4) is 0 Å². The van der Waals surface area contributed by atoms with Crippen molar-refractivity contribution in [3.05, 3.63) is 54.6 Å². The number of sulfonamides is 2. The summed E-state index contributed by atoms with van der Waals surface area (Å²) in [6, 6.07) is 13.8. The number of benzene rings is 2. The minimum absolute atomic E-state index is 0.0214. The second kappa shape index (κ2) is 11.8. The Labute approximate surface area is 212 Å². The summed E-state index contributed by atoms with van der Waals surface area (Å²) < 4.78 is 66.9. The smallest absolute Gasteiger partial charge is 0.243 e. The van der Waals surface area contributed by atoms with Gasteiger partial charge in [0.1, 0.15) is 0 Å². The minimum Gasteiger partial charge on any atom is -0.377 e. The van der Waals surface area contributed by atoms with Crippen LogP contribution in [0.15, 0.2) is 64.4 Å². The van der Waals surface area contributed by atoms with Crippen LogP contribution in [0.5, 0.6) is 0 Å². The van der Waals surface area contributed by atoms with Gasteiger partial charge in [-0.05, 0) is 62.1 Å². The summed E-state index contributed by atoms with van der Waals surface area (Å²) in [5.41, 5.74) is 0.557. The maximum absolute atomic E-state index is 13.5. The molecule has 1 amide bonds. The van der Waals surface area contributed by atoms with E-state index < -0.39 is 32.5 Å². The lowest BCUT2D eigenvalue weighted by atomic mass is 10.2. The monoisotopic (exact) mass is 537 g/mol. The van der Waals surface area contributed by atoms with Gasteiger partial charge in [0.25, 0.3) is 0 Å². The van der Waals surface area contributed by atoms with Gasteiger partial charge in [-0.25, -0.2) is 21.6 Å². The maximum Gasteiger partial charge on any atom is 0.243 e. The quantitative estimate of drug-likeness (QED) is 0.448. The molecular weight excluding hydrogens is 506 g/mol. The maximum atomic E-state index is 13.5. The highest BCUT2D eigenvalue weighted by Gasteiger charge is 2.31. The van der Waals surface area contributed by atoms with Crippen molar-refractivity contribution in [3.8, 4) is 0 Å². The Balaban J connectivity index is 1.48. The third-order valence-corrected chi connectivity index (χ3v) is 9.37. The summed E-state index contributed by atoms with van der Waals surface area (Å²) in [4.78, 5) is 12.5. The number of hydrogen-bond donors (Lipinski definition) is 2. The van der Waals surface area contributed by atoms with Crippen molar-refractivity contribution in [3.63, 3.8) is 0 Å². The molecule has 10 nitrogen and oxygen atoms in total. The molecule has 2 saturated heterocycles. The van der Waals surface area contributed by atoms with Crippen molar-refractivity contribution in [2.75, 3.05) is 38.2 Å². The Morgan fingerprint density at radius 2 is 1.47 bits per heavy atom. The van der Waals surface area contributed by atoms with E-state index in [4.69, 9.17) is 9.47 Å². The number of carbonyl (C=O) groups is 1. The number of para-hydroxylation sites is 1. The second-order valence-electron chi connectivity index (χ2n) is 8.81. The summed E-state index contributed by atoms with van der Waals surface area (Å²) in [5.74, 6) is -0.486. The molecule has 0 aliphatic carbocycles. The van der Waals surface area contributed by atoms with Gasteiger partial charge in [-0.3, -0.25) is 4.79 Å². The van der Waals surface area contributed by atoms with E-state index in [9.17, 15) is 21.6 Å². The molecule has 2 N–H and O–H groups in total. The zero-order chi connectivity index (χ0) is 25.6. The molecule has 2 fully saturated rings. The van der Waals surface area contributed by atoms with E-state index in [-0.39, 0.29) is 35.1 Å². The fraction of sp³-hybridized carbons (Fsp3) is 0.458. The number of nitrogens with one attached hydrogen (secondary N) is 2. The number of nitrogens with zero attached hydrogens (tertiary/aromatic N) is 1. The third-order valence-electron chi connectivity index (χ3n) is 6.11. The van der Waals surface area contributed by atoms with E-state index in [2.05, 4.69) is 10.0 Å². The largest absolute Gasteiger partial charge is 0.377 e. The molecule has 36 heavy (non-hydrogen) atoms. The highest BCUT2D eigenvalue weighted by Crippen LogP contribution is 2.22. The number of ether oxygens (including phenoxy) is 2.